The van der Waals surface area contributed by atoms with E-state index < -0.39 is 6.04 Å². The number of nitrogens with zero attached hydrogens (tertiary/aromatic N) is 2. The largest absolute Gasteiger partial charge is 0.493 e. The number of thioether (sulfide) groups is 2. The molecule has 280 valence electrons. The molecule has 0 unspecified atom stereocenters. The number of rotatable bonds is 19. The third-order valence-corrected chi connectivity index (χ3v) is 12.5. The number of carbonyl (C=O) groups excluding carboxylic acids is 3. The third-order valence-electron chi connectivity index (χ3n) is 9.76. The van der Waals surface area contributed by atoms with Crippen LogP contribution in [0.3, 0.4) is 0 Å². The number of methoxy groups -OCH3 is 2. The molecule has 0 bridgehead atoms. The molecule has 2 saturated heterocycles. The first-order valence-corrected chi connectivity index (χ1v) is 20.5. The molecule has 0 aromatic heterocycles. The monoisotopic (exact) mass is 742 g/mol. The van der Waals surface area contributed by atoms with Gasteiger partial charge in [-0.15, -0.1) is 23.5 Å². The van der Waals surface area contributed by atoms with Crippen LogP contribution in [0, 0.1) is 0 Å². The highest BCUT2D eigenvalue weighted by Gasteiger charge is 2.39. The lowest BCUT2D eigenvalue weighted by Crippen LogP contribution is -2.41. The molecule has 3 amide bonds. The second-order valence-corrected chi connectivity index (χ2v) is 16.2. The first kappa shape index (κ1) is 38.8. The maximum atomic E-state index is 13.7. The van der Waals surface area contributed by atoms with E-state index in [2.05, 4.69) is 19.2 Å². The molecular weight excluding hydrogens is 689 g/mol. The van der Waals surface area contributed by atoms with Gasteiger partial charge >= 0.3 is 0 Å². The van der Waals surface area contributed by atoms with Crippen molar-refractivity contribution in [3.8, 4) is 23.0 Å². The average Bonchev–Trinajstić information content (AvgIpc) is 3.81. The van der Waals surface area contributed by atoms with E-state index in [9.17, 15) is 14.4 Å². The number of hydrogen-bond acceptors (Lipinski definition) is 10. The zero-order valence-electron chi connectivity index (χ0n) is 30.5. The fourth-order valence-electron chi connectivity index (χ4n) is 7.16. The van der Waals surface area contributed by atoms with Crippen LogP contribution in [0.2, 0.25) is 0 Å². The highest BCUT2D eigenvalue weighted by atomic mass is 32.2. The molecule has 2 atom stereocenters. The first-order valence-electron chi connectivity index (χ1n) is 18.4. The number of anilines is 2. The number of nitrogens with two attached hydrogens (primary N) is 1. The SMILES string of the molecule is CCSC(SCC)[C@@H]1CCCN1C(=O)c1cc(OC)c(OCCCCCCCCOc2cc3c(cc2OC)C(=O)N2CCC[C@H]2C(=O)N3)cc1N. The fourth-order valence-corrected chi connectivity index (χ4v) is 10.0. The molecular formula is C38H54N4O7S2. The number of carbonyl (C=O) groups is 3. The van der Waals surface area contributed by atoms with Gasteiger partial charge in [-0.05, 0) is 62.2 Å². The Bertz CT molecular complexity index is 1520. The lowest BCUT2D eigenvalue weighted by atomic mass is 10.1. The van der Waals surface area contributed by atoms with Crippen LogP contribution >= 0.6 is 23.5 Å². The zero-order chi connectivity index (χ0) is 36.3. The molecule has 0 spiro atoms. The van der Waals surface area contributed by atoms with Gasteiger partial charge in [0.2, 0.25) is 5.91 Å². The molecule has 0 saturated carbocycles. The van der Waals surface area contributed by atoms with E-state index in [-0.39, 0.29) is 23.8 Å². The van der Waals surface area contributed by atoms with Crippen molar-refractivity contribution in [2.24, 2.45) is 0 Å². The maximum absolute atomic E-state index is 13.7. The van der Waals surface area contributed by atoms with Gasteiger partial charge in [0.1, 0.15) is 6.04 Å². The standard InChI is InChI=1S/C38H54N4O7S2/c1-5-50-38(51-6-2)30-16-14-18-42(30)36(44)25-21-31(46-3)33(23-27(25)39)48-19-11-9-7-8-10-12-20-49-34-24-28-26(22-32(34)47-4)37(45)41-17-13-15-29(41)35(43)40-28/h21-24,29-30,38H,5-20,39H2,1-4H3,(H,40,43)/t29-,30-/m0/s1. The van der Waals surface area contributed by atoms with Gasteiger partial charge in [-0.25, -0.2) is 0 Å². The summed E-state index contributed by atoms with van der Waals surface area (Å²) in [7, 11) is 3.14. The Hall–Kier alpha value is -3.45. The summed E-state index contributed by atoms with van der Waals surface area (Å²) in [4.78, 5) is 43.2. The van der Waals surface area contributed by atoms with Gasteiger partial charge in [0.25, 0.3) is 11.8 Å². The number of nitrogens with one attached hydrogen (secondary N) is 1. The number of likely N-dealkylation sites (tertiary alicyclic amines) is 1. The number of fused-ring (bicyclic) bond motifs is 2. The number of benzene rings is 2. The lowest BCUT2D eigenvalue weighted by molar-refractivity contribution is -0.119. The zero-order valence-corrected chi connectivity index (χ0v) is 32.1. The normalized spacial score (nSPS) is 18.4. The molecule has 0 aliphatic carbocycles. The molecule has 0 radical (unpaired) electrons. The number of amides is 3. The Kier molecular flexibility index (Phi) is 14.3. The van der Waals surface area contributed by atoms with Gasteiger partial charge < -0.3 is 39.8 Å². The van der Waals surface area contributed by atoms with Crippen molar-refractivity contribution in [1.29, 1.82) is 0 Å². The lowest BCUT2D eigenvalue weighted by Gasteiger charge is -2.31. The van der Waals surface area contributed by atoms with Gasteiger partial charge in [-0.1, -0.05) is 39.5 Å². The van der Waals surface area contributed by atoms with Crippen molar-refractivity contribution in [2.75, 3.05) is 63.1 Å². The Balaban J connectivity index is 1.03. The van der Waals surface area contributed by atoms with Crippen LogP contribution in [0.4, 0.5) is 11.4 Å². The van der Waals surface area contributed by atoms with Crippen molar-refractivity contribution < 1.29 is 33.3 Å². The van der Waals surface area contributed by atoms with E-state index in [1.165, 1.54) is 0 Å². The third kappa shape index (κ3) is 9.32. The quantitative estimate of drug-likeness (QED) is 0.0875. The van der Waals surface area contributed by atoms with Crippen molar-refractivity contribution in [3.63, 3.8) is 0 Å². The van der Waals surface area contributed by atoms with Crippen LogP contribution in [0.5, 0.6) is 23.0 Å². The van der Waals surface area contributed by atoms with E-state index >= 15 is 0 Å². The van der Waals surface area contributed by atoms with Crippen LogP contribution < -0.4 is 30.0 Å². The number of unbranched alkanes of at least 4 members (excludes halogenated alkanes) is 5. The summed E-state index contributed by atoms with van der Waals surface area (Å²) in [6.07, 6.45) is 9.42. The molecule has 3 aliphatic heterocycles. The first-order chi connectivity index (χ1) is 24.8. The van der Waals surface area contributed by atoms with Gasteiger partial charge in [-0.2, -0.15) is 0 Å². The molecule has 3 heterocycles. The Morgan fingerprint density at radius 2 is 1.45 bits per heavy atom. The van der Waals surface area contributed by atoms with Crippen LogP contribution in [0.1, 0.15) is 98.8 Å². The second kappa shape index (κ2) is 18.9. The summed E-state index contributed by atoms with van der Waals surface area (Å²) in [5, 5.41) is 2.92. The highest BCUT2D eigenvalue weighted by Crippen LogP contribution is 2.39. The second-order valence-electron chi connectivity index (χ2n) is 13.1. The van der Waals surface area contributed by atoms with E-state index in [1.807, 2.05) is 28.4 Å². The van der Waals surface area contributed by atoms with Crippen molar-refractivity contribution in [1.82, 2.24) is 9.80 Å². The predicted molar refractivity (Wildman–Crippen MR) is 206 cm³/mol. The van der Waals surface area contributed by atoms with Crippen LogP contribution in [0.25, 0.3) is 0 Å². The molecule has 2 aromatic carbocycles. The van der Waals surface area contributed by atoms with Crippen LogP contribution in [-0.4, -0.2) is 96.2 Å². The number of hydrogen-bond donors (Lipinski definition) is 2. The summed E-state index contributed by atoms with van der Waals surface area (Å²) < 4.78 is 23.6. The van der Waals surface area contributed by atoms with Gasteiger partial charge in [0.05, 0.1) is 54.9 Å². The summed E-state index contributed by atoms with van der Waals surface area (Å²) in [6.45, 7) is 6.70. The van der Waals surface area contributed by atoms with E-state index in [4.69, 9.17) is 24.7 Å². The smallest absolute Gasteiger partial charge is 0.256 e. The summed E-state index contributed by atoms with van der Waals surface area (Å²) in [5.41, 5.74) is 8.22. The summed E-state index contributed by atoms with van der Waals surface area (Å²) in [6, 6.07) is 6.62. The molecule has 5 rings (SSSR count). The van der Waals surface area contributed by atoms with Crippen molar-refractivity contribution in [2.45, 2.75) is 94.7 Å². The fraction of sp³-hybridized carbons (Fsp3) is 0.605. The number of nitrogen functional groups attached to an aromatic ring is 1. The van der Waals surface area contributed by atoms with E-state index in [0.29, 0.717) is 76.3 Å². The Morgan fingerprint density at radius 3 is 2.10 bits per heavy atom. The summed E-state index contributed by atoms with van der Waals surface area (Å²) >= 11 is 3.84. The van der Waals surface area contributed by atoms with Gasteiger partial charge in [-0.3, -0.25) is 14.4 Å². The predicted octanol–water partition coefficient (Wildman–Crippen LogP) is 7.08. The topological polar surface area (TPSA) is 133 Å². The maximum Gasteiger partial charge on any atom is 0.256 e. The molecule has 51 heavy (non-hydrogen) atoms. The molecule has 2 aromatic rings. The molecule has 13 heteroatoms. The highest BCUT2D eigenvalue weighted by molar-refractivity contribution is 8.17. The van der Waals surface area contributed by atoms with Gasteiger partial charge in [0.15, 0.2) is 23.0 Å². The molecule has 3 aliphatic rings. The molecule has 11 nitrogen and oxygen atoms in total. The summed E-state index contributed by atoms with van der Waals surface area (Å²) in [5.74, 6) is 3.78. The van der Waals surface area contributed by atoms with Crippen LogP contribution in [0.15, 0.2) is 24.3 Å². The van der Waals surface area contributed by atoms with Crippen molar-refractivity contribution >= 4 is 52.6 Å². The van der Waals surface area contributed by atoms with Gasteiger partial charge in [0, 0.05) is 30.9 Å². The minimum atomic E-state index is -0.419. The van der Waals surface area contributed by atoms with Crippen molar-refractivity contribution in [3.05, 3.63) is 35.4 Å². The number of ether oxygens (including phenoxy) is 4. The Labute approximate surface area is 311 Å². The minimum absolute atomic E-state index is 0.0360. The van der Waals surface area contributed by atoms with E-state index in [0.717, 1.165) is 75.8 Å². The Morgan fingerprint density at radius 1 is 0.843 bits per heavy atom. The molecule has 3 N–H and O–H groups in total. The minimum Gasteiger partial charge on any atom is -0.493 e. The van der Waals surface area contributed by atoms with E-state index in [1.54, 1.807) is 43.4 Å². The average molecular weight is 743 g/mol. The van der Waals surface area contributed by atoms with Crippen LogP contribution in [-0.2, 0) is 4.79 Å². The molecule has 2 fully saturated rings.